The normalized spacial score (nSPS) is 10.7. The van der Waals surface area contributed by atoms with Crippen molar-refractivity contribution in [3.8, 4) is 0 Å². The van der Waals surface area contributed by atoms with Crippen LogP contribution in [0.1, 0.15) is 23.1 Å². The van der Waals surface area contributed by atoms with Crippen LogP contribution in [0.25, 0.3) is 0 Å². The van der Waals surface area contributed by atoms with E-state index < -0.39 is 0 Å². The zero-order valence-electron chi connectivity index (χ0n) is 9.08. The molecule has 0 aromatic carbocycles. The first-order chi connectivity index (χ1) is 6.83. The lowest BCUT2D eigenvalue weighted by Gasteiger charge is -2.00. The van der Waals surface area contributed by atoms with Crippen LogP contribution in [0, 0.1) is 6.92 Å². The first kappa shape index (κ1) is 11.7. The Morgan fingerprint density at radius 3 is 2.93 bits per heavy atom. The van der Waals surface area contributed by atoms with Crippen LogP contribution in [0.5, 0.6) is 0 Å². The van der Waals surface area contributed by atoms with Crippen molar-refractivity contribution in [3.05, 3.63) is 21.9 Å². The van der Waals surface area contributed by atoms with Gasteiger partial charge < -0.3 is 10.1 Å². The summed E-state index contributed by atoms with van der Waals surface area (Å²) in [5.74, 6) is 0. The van der Waals surface area contributed by atoms with Crippen molar-refractivity contribution < 1.29 is 10.1 Å². The van der Waals surface area contributed by atoms with Gasteiger partial charge in [0, 0.05) is 17.9 Å². The molecule has 0 spiro atoms. The van der Waals surface area contributed by atoms with Crippen LogP contribution in [0.4, 0.5) is 0 Å². The summed E-state index contributed by atoms with van der Waals surface area (Å²) >= 11 is 1.89. The molecular weight excluding hydrogens is 194 g/mol. The second-order valence-electron chi connectivity index (χ2n) is 3.34. The number of aryl methyl sites for hydroxylation is 1. The molecule has 1 heterocycles. The molecule has 0 aliphatic rings. The molecule has 1 rings (SSSR count). The summed E-state index contributed by atoms with van der Waals surface area (Å²) < 4.78 is 5.27. The average molecular weight is 214 g/mol. The van der Waals surface area contributed by atoms with Crippen LogP contribution >= 0.6 is 11.3 Å². The van der Waals surface area contributed by atoms with E-state index in [4.69, 9.17) is 4.74 Å². The van der Waals surface area contributed by atoms with Gasteiger partial charge in [-0.05, 0) is 26.0 Å². The Morgan fingerprint density at radius 2 is 2.29 bits per heavy atom. The monoisotopic (exact) mass is 214 g/mol. The smallest absolute Gasteiger partial charge is 0.111 e. The van der Waals surface area contributed by atoms with Gasteiger partial charge in [-0.1, -0.05) is 0 Å². The molecule has 0 amide bonds. The van der Waals surface area contributed by atoms with Gasteiger partial charge in [0.15, 0.2) is 0 Å². The largest absolute Gasteiger partial charge is 0.382 e. The third kappa shape index (κ3) is 4.74. The topological polar surface area (TPSA) is 25.8 Å². The maximum absolute atomic E-state index is 5.27. The lowest BCUT2D eigenvalue weighted by molar-refractivity contribution is -0.670. The van der Waals surface area contributed by atoms with Crippen LogP contribution in [0.2, 0.25) is 0 Å². The molecule has 0 saturated heterocycles. The highest BCUT2D eigenvalue weighted by Crippen LogP contribution is 2.12. The predicted molar refractivity (Wildman–Crippen MR) is 60.7 cm³/mol. The van der Waals surface area contributed by atoms with Gasteiger partial charge in [-0.3, -0.25) is 0 Å². The molecule has 0 atom stereocenters. The first-order valence-corrected chi connectivity index (χ1v) is 6.09. The van der Waals surface area contributed by atoms with Crippen LogP contribution < -0.4 is 5.32 Å². The quantitative estimate of drug-likeness (QED) is 0.685. The number of quaternary nitrogens is 1. The molecule has 2 nitrogen and oxygen atoms in total. The Hall–Kier alpha value is -0.380. The Morgan fingerprint density at radius 1 is 1.43 bits per heavy atom. The maximum Gasteiger partial charge on any atom is 0.111 e. The molecule has 0 saturated carbocycles. The van der Waals surface area contributed by atoms with E-state index in [1.54, 1.807) is 0 Å². The van der Waals surface area contributed by atoms with Crippen molar-refractivity contribution in [2.24, 2.45) is 0 Å². The average Bonchev–Trinajstić information content (AvgIpc) is 2.58. The van der Waals surface area contributed by atoms with E-state index in [0.717, 1.165) is 32.7 Å². The van der Waals surface area contributed by atoms with Gasteiger partial charge in [0.05, 0.1) is 18.0 Å². The molecule has 14 heavy (non-hydrogen) atoms. The zero-order valence-corrected chi connectivity index (χ0v) is 9.90. The Bertz CT molecular complexity index is 247. The van der Waals surface area contributed by atoms with Gasteiger partial charge in [-0.25, -0.2) is 0 Å². The Labute approximate surface area is 90.3 Å². The van der Waals surface area contributed by atoms with Gasteiger partial charge in [0.2, 0.25) is 0 Å². The molecule has 80 valence electrons. The Kier molecular flexibility index (Phi) is 5.83. The van der Waals surface area contributed by atoms with Gasteiger partial charge in [-0.2, -0.15) is 0 Å². The van der Waals surface area contributed by atoms with E-state index in [0.29, 0.717) is 0 Å². The summed E-state index contributed by atoms with van der Waals surface area (Å²) in [5.41, 5.74) is 0. The molecule has 0 bridgehead atoms. The highest BCUT2D eigenvalue weighted by atomic mass is 32.1. The summed E-state index contributed by atoms with van der Waals surface area (Å²) in [5, 5.41) is 2.35. The van der Waals surface area contributed by atoms with E-state index in [9.17, 15) is 0 Å². The van der Waals surface area contributed by atoms with Crippen molar-refractivity contribution in [2.45, 2.75) is 26.8 Å². The second-order valence-corrected chi connectivity index (χ2v) is 4.72. The first-order valence-electron chi connectivity index (χ1n) is 5.27. The minimum absolute atomic E-state index is 0.837. The second kappa shape index (κ2) is 6.98. The molecule has 0 unspecified atom stereocenters. The molecule has 0 radical (unpaired) electrons. The summed E-state index contributed by atoms with van der Waals surface area (Å²) in [7, 11) is 0. The number of hydrogen-bond donors (Lipinski definition) is 1. The summed E-state index contributed by atoms with van der Waals surface area (Å²) in [6.45, 7) is 8.21. The molecule has 0 aliphatic carbocycles. The van der Waals surface area contributed by atoms with E-state index in [-0.39, 0.29) is 0 Å². The molecule has 0 aliphatic heterocycles. The van der Waals surface area contributed by atoms with Crippen LogP contribution in [0.3, 0.4) is 0 Å². The third-order valence-corrected chi connectivity index (χ3v) is 3.07. The maximum atomic E-state index is 5.27. The Balaban J connectivity index is 1.99. The highest BCUT2D eigenvalue weighted by molar-refractivity contribution is 7.11. The molecule has 1 aromatic rings. The van der Waals surface area contributed by atoms with E-state index in [2.05, 4.69) is 24.4 Å². The number of rotatable bonds is 7. The molecule has 2 N–H and O–H groups in total. The SMILES string of the molecule is CCOCCC[NH2+]Cc1ccc(C)s1. The number of nitrogens with two attached hydrogens (primary N) is 1. The highest BCUT2D eigenvalue weighted by Gasteiger charge is 1.98. The fourth-order valence-corrected chi connectivity index (χ4v) is 2.20. The van der Waals surface area contributed by atoms with Gasteiger partial charge >= 0.3 is 0 Å². The third-order valence-electron chi connectivity index (χ3n) is 2.04. The lowest BCUT2D eigenvalue weighted by Crippen LogP contribution is -2.82. The number of hydrogen-bond acceptors (Lipinski definition) is 2. The number of ether oxygens (including phenoxy) is 1. The van der Waals surface area contributed by atoms with E-state index in [1.165, 1.54) is 9.75 Å². The summed E-state index contributed by atoms with van der Waals surface area (Å²) in [4.78, 5) is 2.88. The molecule has 0 fully saturated rings. The lowest BCUT2D eigenvalue weighted by atomic mass is 10.4. The van der Waals surface area contributed by atoms with Crippen molar-refractivity contribution in [1.82, 2.24) is 0 Å². The summed E-state index contributed by atoms with van der Waals surface area (Å²) in [6.07, 6.45) is 1.15. The van der Waals surface area contributed by atoms with Crippen LogP contribution in [-0.2, 0) is 11.3 Å². The van der Waals surface area contributed by atoms with Crippen molar-refractivity contribution in [1.29, 1.82) is 0 Å². The van der Waals surface area contributed by atoms with E-state index in [1.807, 2.05) is 18.3 Å². The van der Waals surface area contributed by atoms with Crippen molar-refractivity contribution >= 4 is 11.3 Å². The van der Waals surface area contributed by atoms with Gasteiger partial charge in [0.25, 0.3) is 0 Å². The molecule has 3 heteroatoms. The van der Waals surface area contributed by atoms with Crippen molar-refractivity contribution in [2.75, 3.05) is 19.8 Å². The standard InChI is InChI=1S/C11H19NOS/c1-3-13-8-4-7-12-9-11-6-5-10(2)14-11/h5-6,12H,3-4,7-9H2,1-2H3/p+1. The van der Waals surface area contributed by atoms with E-state index >= 15 is 0 Å². The van der Waals surface area contributed by atoms with Gasteiger partial charge in [0.1, 0.15) is 6.54 Å². The molecular formula is C11H20NOS+. The summed E-state index contributed by atoms with van der Waals surface area (Å²) in [6, 6.07) is 4.41. The van der Waals surface area contributed by atoms with Gasteiger partial charge in [-0.15, -0.1) is 11.3 Å². The minimum atomic E-state index is 0.837. The molecule has 1 aromatic heterocycles. The number of thiophene rings is 1. The van der Waals surface area contributed by atoms with Crippen LogP contribution in [-0.4, -0.2) is 19.8 Å². The van der Waals surface area contributed by atoms with Crippen LogP contribution in [0.15, 0.2) is 12.1 Å². The predicted octanol–water partition coefficient (Wildman–Crippen LogP) is 1.55. The zero-order chi connectivity index (χ0) is 10.2. The fraction of sp³-hybridized carbons (Fsp3) is 0.636. The fourth-order valence-electron chi connectivity index (χ4n) is 1.31. The minimum Gasteiger partial charge on any atom is -0.382 e. The van der Waals surface area contributed by atoms with Crippen molar-refractivity contribution in [3.63, 3.8) is 0 Å².